The van der Waals surface area contributed by atoms with Crippen LogP contribution in [0.25, 0.3) is 0 Å². The number of anilines is 1. The molecule has 0 bridgehead atoms. The molecule has 0 spiro atoms. The number of thiazole rings is 1. The Morgan fingerprint density at radius 3 is 2.96 bits per heavy atom. The number of hydrogen-bond donors (Lipinski definition) is 2. The number of carbonyl (C=O) groups is 1. The lowest BCUT2D eigenvalue weighted by molar-refractivity contribution is -0.137. The van der Waals surface area contributed by atoms with Gasteiger partial charge in [0.15, 0.2) is 5.13 Å². The minimum atomic E-state index is -4.35. The maximum atomic E-state index is 12.7. The van der Waals surface area contributed by atoms with E-state index in [0.29, 0.717) is 23.7 Å². The van der Waals surface area contributed by atoms with E-state index in [1.807, 2.05) is 0 Å². The van der Waals surface area contributed by atoms with E-state index in [-0.39, 0.29) is 11.8 Å². The Kier molecular flexibility index (Phi) is 4.86. The third-order valence-corrected chi connectivity index (χ3v) is 4.76. The van der Waals surface area contributed by atoms with Crippen LogP contribution in [-0.2, 0) is 17.4 Å². The molecule has 1 aliphatic heterocycles. The van der Waals surface area contributed by atoms with Gasteiger partial charge in [-0.3, -0.25) is 4.79 Å². The number of carbonyl (C=O) groups excluding carboxylic acids is 1. The highest BCUT2D eigenvalue weighted by Gasteiger charge is 2.30. The predicted molar refractivity (Wildman–Crippen MR) is 86.0 cm³/mol. The molecule has 2 aromatic rings. The second-order valence-electron chi connectivity index (χ2n) is 5.69. The zero-order valence-electron chi connectivity index (χ0n) is 12.7. The molecule has 8 heteroatoms. The van der Waals surface area contributed by atoms with Crippen LogP contribution in [0.15, 0.2) is 30.5 Å². The van der Waals surface area contributed by atoms with E-state index in [4.69, 9.17) is 0 Å². The molecule has 1 aliphatic rings. The van der Waals surface area contributed by atoms with Crippen molar-refractivity contribution in [2.24, 2.45) is 5.92 Å². The van der Waals surface area contributed by atoms with Gasteiger partial charge in [0.25, 0.3) is 0 Å². The Hall–Kier alpha value is -1.93. The fraction of sp³-hybridized carbons (Fsp3) is 0.375. The van der Waals surface area contributed by atoms with Crippen molar-refractivity contribution in [1.29, 1.82) is 0 Å². The SMILES string of the molecule is O=C(Nc1ncc(Cc2cccc(C(F)(F)F)c2)s1)C1CCNC1. The van der Waals surface area contributed by atoms with E-state index < -0.39 is 11.7 Å². The molecule has 4 nitrogen and oxygen atoms in total. The zero-order valence-corrected chi connectivity index (χ0v) is 13.5. The second-order valence-corrected chi connectivity index (χ2v) is 6.80. The average Bonchev–Trinajstić information content (AvgIpc) is 3.18. The van der Waals surface area contributed by atoms with Crippen molar-refractivity contribution in [1.82, 2.24) is 10.3 Å². The van der Waals surface area contributed by atoms with E-state index in [1.165, 1.54) is 17.4 Å². The molecule has 0 saturated carbocycles. The number of benzene rings is 1. The van der Waals surface area contributed by atoms with Crippen LogP contribution in [0.5, 0.6) is 0 Å². The average molecular weight is 355 g/mol. The number of rotatable bonds is 4. The van der Waals surface area contributed by atoms with Crippen LogP contribution in [0.1, 0.15) is 22.4 Å². The summed E-state index contributed by atoms with van der Waals surface area (Å²) in [5, 5.41) is 6.38. The van der Waals surface area contributed by atoms with Crippen LogP contribution >= 0.6 is 11.3 Å². The molecule has 0 radical (unpaired) electrons. The van der Waals surface area contributed by atoms with Crippen LogP contribution in [0.4, 0.5) is 18.3 Å². The number of halogens is 3. The van der Waals surface area contributed by atoms with Gasteiger partial charge in [0.2, 0.25) is 5.91 Å². The summed E-state index contributed by atoms with van der Waals surface area (Å²) in [5.41, 5.74) is -0.0990. The van der Waals surface area contributed by atoms with Crippen molar-refractivity contribution < 1.29 is 18.0 Å². The summed E-state index contributed by atoms with van der Waals surface area (Å²) in [6.07, 6.45) is -1.61. The fourth-order valence-corrected chi connectivity index (χ4v) is 3.44. The second kappa shape index (κ2) is 6.90. The van der Waals surface area contributed by atoms with Crippen LogP contribution in [0.3, 0.4) is 0 Å². The molecule has 1 amide bonds. The quantitative estimate of drug-likeness (QED) is 0.885. The summed E-state index contributed by atoms with van der Waals surface area (Å²) < 4.78 is 38.2. The van der Waals surface area contributed by atoms with E-state index in [9.17, 15) is 18.0 Å². The van der Waals surface area contributed by atoms with Crippen molar-refractivity contribution in [3.8, 4) is 0 Å². The number of alkyl halides is 3. The van der Waals surface area contributed by atoms with Crippen molar-refractivity contribution in [3.63, 3.8) is 0 Å². The number of aromatic nitrogens is 1. The van der Waals surface area contributed by atoms with Crippen LogP contribution in [0.2, 0.25) is 0 Å². The highest BCUT2D eigenvalue weighted by atomic mass is 32.1. The van der Waals surface area contributed by atoms with Crippen molar-refractivity contribution >= 4 is 22.4 Å². The molecule has 24 heavy (non-hydrogen) atoms. The summed E-state index contributed by atoms with van der Waals surface area (Å²) in [6, 6.07) is 5.24. The maximum absolute atomic E-state index is 12.7. The Balaban J connectivity index is 1.65. The zero-order chi connectivity index (χ0) is 17.2. The molecule has 1 aromatic heterocycles. The lowest BCUT2D eigenvalue weighted by Gasteiger charge is -2.08. The van der Waals surface area contributed by atoms with E-state index in [0.717, 1.165) is 30.0 Å². The Labute approximate surface area is 141 Å². The molecule has 2 N–H and O–H groups in total. The minimum absolute atomic E-state index is 0.0548. The lowest BCUT2D eigenvalue weighted by atomic mass is 10.1. The molecule has 0 aliphatic carbocycles. The summed E-state index contributed by atoms with van der Waals surface area (Å²) in [5.74, 6) is -0.124. The first kappa shape index (κ1) is 16.9. The Bertz CT molecular complexity index is 723. The lowest BCUT2D eigenvalue weighted by Crippen LogP contribution is -2.24. The summed E-state index contributed by atoms with van der Waals surface area (Å²) in [6.45, 7) is 1.49. The van der Waals surface area contributed by atoms with Gasteiger partial charge in [-0.25, -0.2) is 4.98 Å². The topological polar surface area (TPSA) is 54.0 Å². The van der Waals surface area contributed by atoms with Gasteiger partial charge in [-0.2, -0.15) is 13.2 Å². The number of hydrogen-bond acceptors (Lipinski definition) is 4. The Morgan fingerprint density at radius 1 is 1.42 bits per heavy atom. The highest BCUT2D eigenvalue weighted by Crippen LogP contribution is 2.30. The molecular weight excluding hydrogens is 339 g/mol. The molecule has 1 saturated heterocycles. The molecule has 128 valence electrons. The smallest absolute Gasteiger partial charge is 0.316 e. The van der Waals surface area contributed by atoms with E-state index in [2.05, 4.69) is 15.6 Å². The standard InChI is InChI=1S/C16H16F3N3OS/c17-16(18,19)12-3-1-2-10(6-12)7-13-9-21-15(24-13)22-14(23)11-4-5-20-8-11/h1-3,6,9,11,20H,4-5,7-8H2,(H,21,22,23). The van der Waals surface area contributed by atoms with Gasteiger partial charge in [-0.05, 0) is 24.6 Å². The van der Waals surface area contributed by atoms with Crippen LogP contribution in [-0.4, -0.2) is 24.0 Å². The molecule has 1 atom stereocenters. The summed E-state index contributed by atoms with van der Waals surface area (Å²) in [7, 11) is 0. The molecule has 2 heterocycles. The van der Waals surface area contributed by atoms with Gasteiger partial charge in [-0.15, -0.1) is 11.3 Å². The molecule has 1 unspecified atom stereocenters. The highest BCUT2D eigenvalue weighted by molar-refractivity contribution is 7.15. The first-order chi connectivity index (χ1) is 11.4. The van der Waals surface area contributed by atoms with Gasteiger partial charge in [0.1, 0.15) is 0 Å². The number of nitrogens with zero attached hydrogens (tertiary/aromatic N) is 1. The van der Waals surface area contributed by atoms with Crippen molar-refractivity contribution in [2.75, 3.05) is 18.4 Å². The summed E-state index contributed by atoms with van der Waals surface area (Å²) in [4.78, 5) is 17.0. The third-order valence-electron chi connectivity index (χ3n) is 3.85. The third kappa shape index (κ3) is 4.12. The Morgan fingerprint density at radius 2 is 2.25 bits per heavy atom. The number of nitrogens with one attached hydrogen (secondary N) is 2. The maximum Gasteiger partial charge on any atom is 0.416 e. The minimum Gasteiger partial charge on any atom is -0.316 e. The number of amides is 1. The van der Waals surface area contributed by atoms with Crippen LogP contribution < -0.4 is 10.6 Å². The normalized spacial score (nSPS) is 17.9. The van der Waals surface area contributed by atoms with Crippen molar-refractivity contribution in [2.45, 2.75) is 19.0 Å². The van der Waals surface area contributed by atoms with Gasteiger partial charge >= 0.3 is 6.18 Å². The van der Waals surface area contributed by atoms with Crippen molar-refractivity contribution in [3.05, 3.63) is 46.5 Å². The van der Waals surface area contributed by atoms with Gasteiger partial charge in [-0.1, -0.05) is 18.2 Å². The van der Waals surface area contributed by atoms with Crippen LogP contribution in [0, 0.1) is 5.92 Å². The van der Waals surface area contributed by atoms with E-state index in [1.54, 1.807) is 12.3 Å². The molecule has 3 rings (SSSR count). The molecule has 1 fully saturated rings. The largest absolute Gasteiger partial charge is 0.416 e. The molecular formula is C16H16F3N3OS. The summed E-state index contributed by atoms with van der Waals surface area (Å²) >= 11 is 1.28. The first-order valence-corrected chi connectivity index (χ1v) is 8.36. The molecule has 1 aromatic carbocycles. The van der Waals surface area contributed by atoms with E-state index >= 15 is 0 Å². The van der Waals surface area contributed by atoms with Gasteiger partial charge in [0.05, 0.1) is 11.5 Å². The van der Waals surface area contributed by atoms with Gasteiger partial charge < -0.3 is 10.6 Å². The monoisotopic (exact) mass is 355 g/mol. The fourth-order valence-electron chi connectivity index (χ4n) is 2.59. The van der Waals surface area contributed by atoms with Gasteiger partial charge in [0, 0.05) is 24.0 Å². The predicted octanol–water partition coefficient (Wildman–Crippen LogP) is 3.30. The first-order valence-electron chi connectivity index (χ1n) is 7.54.